The number of amides is 4. The van der Waals surface area contributed by atoms with E-state index in [-0.39, 0.29) is 69.4 Å². The maximum atomic E-state index is 14.8. The van der Waals surface area contributed by atoms with Crippen LogP contribution in [0, 0.1) is 11.6 Å². The Labute approximate surface area is 397 Å². The Bertz CT molecular complexity index is 3010. The number of carbonyl (C=O) groups excluding carboxylic acids is 4. The first-order valence-electron chi connectivity index (χ1n) is 20.0. The number of fused-ring (bicyclic) bond motifs is 3. The van der Waals surface area contributed by atoms with Crippen LogP contribution in [0.1, 0.15) is 52.6 Å². The van der Waals surface area contributed by atoms with Gasteiger partial charge in [-0.3, -0.25) is 33.2 Å². The van der Waals surface area contributed by atoms with E-state index in [1.807, 2.05) is 0 Å². The van der Waals surface area contributed by atoms with Crippen LogP contribution in [-0.4, -0.2) is 80.5 Å². The topological polar surface area (TPSA) is 137 Å². The number of hydrogen-bond acceptors (Lipinski definition) is 9. The second kappa shape index (κ2) is 18.8. The monoisotopic (exact) mass is 992 g/mol. The van der Waals surface area contributed by atoms with Gasteiger partial charge in [0.15, 0.2) is 0 Å². The fraction of sp³-hybridized carbons (Fsp3) is 0.167. The second-order valence-corrected chi connectivity index (χ2v) is 18.6. The molecule has 0 saturated carbocycles. The first kappa shape index (κ1) is 46.7. The number of carbonyl (C=O) groups is 4. The maximum Gasteiger partial charge on any atom is 0.264 e. The summed E-state index contributed by atoms with van der Waals surface area (Å²) in [5.74, 6) is -2.30. The smallest absolute Gasteiger partial charge is 0.264 e. The van der Waals surface area contributed by atoms with Gasteiger partial charge in [-0.05, 0) is 72.8 Å². The average molecular weight is 995 g/mol. The highest BCUT2D eigenvalue weighted by Gasteiger charge is 2.40. The fourth-order valence-corrected chi connectivity index (χ4v) is 10.1. The van der Waals surface area contributed by atoms with Crippen LogP contribution >= 0.6 is 46.4 Å². The number of nitrogens with zero attached hydrogens (tertiary/aromatic N) is 2. The highest BCUT2D eigenvalue weighted by molar-refractivity contribution is 7.86. The zero-order chi connectivity index (χ0) is 47.2. The van der Waals surface area contributed by atoms with Crippen molar-refractivity contribution in [3.63, 3.8) is 0 Å². The molecule has 9 rings (SSSR count). The first-order valence-corrected chi connectivity index (χ1v) is 23.3. The molecule has 0 saturated heterocycles. The van der Waals surface area contributed by atoms with Crippen molar-refractivity contribution in [3.8, 4) is 33.8 Å². The van der Waals surface area contributed by atoms with Crippen molar-refractivity contribution in [3.05, 3.63) is 174 Å². The van der Waals surface area contributed by atoms with E-state index >= 15 is 0 Å². The largest absolute Gasteiger partial charge is 0.496 e. The molecule has 3 aliphatic rings. The van der Waals surface area contributed by atoms with Crippen LogP contribution in [-0.2, 0) is 27.1 Å². The minimum absolute atomic E-state index is 0.0678. The van der Waals surface area contributed by atoms with E-state index in [9.17, 15) is 36.4 Å². The molecule has 0 aliphatic carbocycles. The van der Waals surface area contributed by atoms with Crippen molar-refractivity contribution in [2.75, 3.05) is 26.5 Å². The molecule has 0 bridgehead atoms. The Balaban J connectivity index is 0.000000182. The SMILES string of the molecule is COc1c(C[C@@H](CN2C(=O)c3ccccc3C2=O)OS(C)(=O)=O)cc(F)cc1-c1c(Cl)cccc1Cl.O=C1c2ccccc2C(=O)N1C[C@H]1Cc2cc(F)cc(-c3c(Cl)cccc3Cl)c2O1. The number of ether oxygens (including phenoxy) is 2. The van der Waals surface area contributed by atoms with Gasteiger partial charge in [0.1, 0.15) is 29.2 Å². The first-order chi connectivity index (χ1) is 31.4. The van der Waals surface area contributed by atoms with Crippen molar-refractivity contribution in [2.45, 2.75) is 25.0 Å². The zero-order valence-electron chi connectivity index (χ0n) is 34.6. The number of benzene rings is 6. The van der Waals surface area contributed by atoms with Gasteiger partial charge in [0.05, 0.1) is 74.9 Å². The standard InChI is InChI=1S/C25H20Cl2FNO6S.C23H14Cl2FNO3/c1-34-23-14(10-15(28)12-19(23)22-20(26)8-5-9-21(22)27)11-16(35-36(2,32)33)13-29-24(30)17-6-3-4-7-18(17)25(29)31;24-18-6-3-7-19(25)20(18)17-10-13(26)8-12-9-14(30-21(12)17)11-27-22(28)15-4-1-2-5-16(15)23(27)29/h3-10,12,16H,11,13H2,1-2H3;1-8,10,14H,9,11H2/t16-;14-/m01/s1. The molecule has 0 radical (unpaired) electrons. The van der Waals surface area contributed by atoms with Gasteiger partial charge in [0.2, 0.25) is 0 Å². The van der Waals surface area contributed by atoms with E-state index in [2.05, 4.69) is 0 Å². The molecule has 0 aromatic heterocycles. The van der Waals surface area contributed by atoms with Crippen LogP contribution in [0.15, 0.2) is 109 Å². The lowest BCUT2D eigenvalue weighted by atomic mass is 9.97. The summed E-state index contributed by atoms with van der Waals surface area (Å²) >= 11 is 25.3. The van der Waals surface area contributed by atoms with Crippen molar-refractivity contribution < 1.29 is 50.0 Å². The normalized spacial score (nSPS) is 15.5. The molecule has 11 nitrogen and oxygen atoms in total. The van der Waals surface area contributed by atoms with Crippen LogP contribution in [0.3, 0.4) is 0 Å². The summed E-state index contributed by atoms with van der Waals surface area (Å²) in [4.78, 5) is 53.1. The van der Waals surface area contributed by atoms with Crippen LogP contribution in [0.5, 0.6) is 11.5 Å². The number of methoxy groups -OCH3 is 1. The highest BCUT2D eigenvalue weighted by atomic mass is 35.5. The van der Waals surface area contributed by atoms with Gasteiger partial charge in [-0.1, -0.05) is 82.8 Å². The second-order valence-electron chi connectivity index (χ2n) is 15.4. The Morgan fingerprint density at radius 1 is 0.652 bits per heavy atom. The molecule has 3 aliphatic heterocycles. The van der Waals surface area contributed by atoms with Crippen LogP contribution < -0.4 is 9.47 Å². The van der Waals surface area contributed by atoms with Crippen molar-refractivity contribution in [1.82, 2.24) is 9.80 Å². The summed E-state index contributed by atoms with van der Waals surface area (Å²) in [7, 11) is -2.66. The molecule has 66 heavy (non-hydrogen) atoms. The molecule has 0 spiro atoms. The van der Waals surface area contributed by atoms with E-state index in [1.165, 1.54) is 42.3 Å². The van der Waals surface area contributed by atoms with E-state index in [4.69, 9.17) is 60.1 Å². The third-order valence-corrected chi connectivity index (χ3v) is 12.8. The summed E-state index contributed by atoms with van der Waals surface area (Å²) < 4.78 is 70.1. The Morgan fingerprint density at radius 2 is 1.11 bits per heavy atom. The Hall–Kier alpha value is -5.87. The molecule has 0 unspecified atom stereocenters. The van der Waals surface area contributed by atoms with Gasteiger partial charge >= 0.3 is 0 Å². The predicted molar refractivity (Wildman–Crippen MR) is 245 cm³/mol. The van der Waals surface area contributed by atoms with Gasteiger partial charge in [-0.2, -0.15) is 8.42 Å². The fourth-order valence-electron chi connectivity index (χ4n) is 8.26. The quantitative estimate of drug-likeness (QED) is 0.0918. The molecule has 2 atom stereocenters. The summed E-state index contributed by atoms with van der Waals surface area (Å²) in [5.41, 5.74) is 3.57. The zero-order valence-corrected chi connectivity index (χ0v) is 38.5. The van der Waals surface area contributed by atoms with E-state index in [1.54, 1.807) is 72.8 Å². The third-order valence-electron chi connectivity index (χ3n) is 10.9. The Morgan fingerprint density at radius 3 is 1.59 bits per heavy atom. The molecular weight excluding hydrogens is 960 g/mol. The molecule has 6 aromatic carbocycles. The van der Waals surface area contributed by atoms with E-state index in [0.29, 0.717) is 55.6 Å². The molecule has 18 heteroatoms. The Kier molecular flexibility index (Phi) is 13.3. The average Bonchev–Trinajstić information content (AvgIpc) is 3.86. The minimum Gasteiger partial charge on any atom is -0.496 e. The summed E-state index contributed by atoms with van der Waals surface area (Å²) in [6.07, 6.45) is -0.733. The number of imide groups is 2. The van der Waals surface area contributed by atoms with Gasteiger partial charge in [-0.15, -0.1) is 0 Å². The molecule has 3 heterocycles. The summed E-state index contributed by atoms with van der Waals surface area (Å²) in [5, 5.41) is 1.27. The molecule has 6 aromatic rings. The molecule has 338 valence electrons. The maximum absolute atomic E-state index is 14.8. The van der Waals surface area contributed by atoms with Crippen molar-refractivity contribution >= 4 is 80.2 Å². The number of rotatable bonds is 11. The van der Waals surface area contributed by atoms with E-state index in [0.717, 1.165) is 17.2 Å². The molecule has 0 N–H and O–H groups in total. The highest BCUT2D eigenvalue weighted by Crippen LogP contribution is 2.46. The molecule has 0 fully saturated rings. The summed E-state index contributed by atoms with van der Waals surface area (Å²) in [6.45, 7) is -0.320. The van der Waals surface area contributed by atoms with E-state index < -0.39 is 45.8 Å². The van der Waals surface area contributed by atoms with Gasteiger partial charge in [0.25, 0.3) is 33.7 Å². The minimum atomic E-state index is -4.02. The predicted octanol–water partition coefficient (Wildman–Crippen LogP) is 10.4. The molecule has 4 amide bonds. The number of halogens is 6. The van der Waals surface area contributed by atoms with Gasteiger partial charge < -0.3 is 9.47 Å². The van der Waals surface area contributed by atoms with Crippen LogP contribution in [0.2, 0.25) is 20.1 Å². The lowest BCUT2D eigenvalue weighted by Gasteiger charge is -2.23. The lowest BCUT2D eigenvalue weighted by Crippen LogP contribution is -2.39. The third kappa shape index (κ3) is 9.26. The lowest BCUT2D eigenvalue weighted by molar-refractivity contribution is 0.0569. The van der Waals surface area contributed by atoms with Crippen molar-refractivity contribution in [2.24, 2.45) is 0 Å². The molecular formula is C48H34Cl4F2N2O9S. The van der Waals surface area contributed by atoms with Gasteiger partial charge in [-0.25, -0.2) is 8.78 Å². The summed E-state index contributed by atoms with van der Waals surface area (Å²) in [6, 6.07) is 27.9. The van der Waals surface area contributed by atoms with Gasteiger partial charge in [0, 0.05) is 46.2 Å². The van der Waals surface area contributed by atoms with Crippen LogP contribution in [0.4, 0.5) is 8.78 Å². The van der Waals surface area contributed by atoms with Crippen LogP contribution in [0.25, 0.3) is 22.3 Å². The van der Waals surface area contributed by atoms with Crippen molar-refractivity contribution in [1.29, 1.82) is 0 Å². The number of hydrogen-bond donors (Lipinski definition) is 0.